The van der Waals surface area contributed by atoms with Gasteiger partial charge in [-0.2, -0.15) is 11.8 Å². The average Bonchev–Trinajstić information content (AvgIpc) is 2.80. The first-order valence-corrected chi connectivity index (χ1v) is 7.89. The number of hydrogen-bond donors (Lipinski definition) is 2. The van der Waals surface area contributed by atoms with E-state index in [9.17, 15) is 5.11 Å². The molecule has 1 saturated carbocycles. The minimum absolute atomic E-state index is 0.419. The molecule has 2 fully saturated rings. The summed E-state index contributed by atoms with van der Waals surface area (Å²) < 4.78 is 0. The van der Waals surface area contributed by atoms with Gasteiger partial charge in [0, 0.05) is 12.6 Å². The summed E-state index contributed by atoms with van der Waals surface area (Å²) in [5.41, 5.74) is -0.419. The molecule has 2 rings (SSSR count). The van der Waals surface area contributed by atoms with E-state index in [0.717, 1.165) is 36.8 Å². The lowest BCUT2D eigenvalue weighted by molar-refractivity contribution is 0.0283. The topological polar surface area (TPSA) is 32.3 Å². The Morgan fingerprint density at radius 2 is 1.94 bits per heavy atom. The van der Waals surface area contributed by atoms with Crippen LogP contribution in [0.4, 0.5) is 0 Å². The highest BCUT2D eigenvalue weighted by Gasteiger charge is 2.30. The highest BCUT2D eigenvalue weighted by molar-refractivity contribution is 7.99. The van der Waals surface area contributed by atoms with Crippen LogP contribution in [0.5, 0.6) is 0 Å². The maximum absolute atomic E-state index is 10.4. The van der Waals surface area contributed by atoms with Crippen molar-refractivity contribution in [1.29, 1.82) is 0 Å². The molecule has 0 bridgehead atoms. The fraction of sp³-hybridized carbons (Fsp3) is 1.00. The van der Waals surface area contributed by atoms with Crippen LogP contribution in [0.2, 0.25) is 0 Å². The minimum Gasteiger partial charge on any atom is -0.389 e. The largest absolute Gasteiger partial charge is 0.389 e. The zero-order valence-electron chi connectivity index (χ0n) is 10.4. The van der Waals surface area contributed by atoms with Crippen molar-refractivity contribution in [1.82, 2.24) is 5.32 Å². The van der Waals surface area contributed by atoms with Crippen molar-refractivity contribution < 1.29 is 5.11 Å². The molecule has 94 valence electrons. The summed E-state index contributed by atoms with van der Waals surface area (Å²) >= 11 is 1.97. The molecule has 1 heterocycles. The second kappa shape index (κ2) is 5.74. The Balaban J connectivity index is 1.72. The molecule has 0 radical (unpaired) electrons. The minimum atomic E-state index is -0.419. The highest BCUT2D eigenvalue weighted by atomic mass is 32.2. The average molecular weight is 243 g/mol. The van der Waals surface area contributed by atoms with Crippen LogP contribution in [-0.4, -0.2) is 34.8 Å². The molecule has 0 aromatic carbocycles. The van der Waals surface area contributed by atoms with Crippen LogP contribution in [0, 0.1) is 5.92 Å². The van der Waals surface area contributed by atoms with Crippen LogP contribution in [0.3, 0.4) is 0 Å². The zero-order chi connectivity index (χ0) is 11.4. The van der Waals surface area contributed by atoms with Crippen LogP contribution >= 0.6 is 11.8 Å². The van der Waals surface area contributed by atoms with Crippen molar-refractivity contribution in [2.45, 2.75) is 57.1 Å². The third-order valence-corrected chi connectivity index (χ3v) is 5.27. The molecule has 3 heteroatoms. The second-order valence-electron chi connectivity index (χ2n) is 5.55. The van der Waals surface area contributed by atoms with Gasteiger partial charge in [-0.25, -0.2) is 0 Å². The third kappa shape index (κ3) is 3.38. The maximum atomic E-state index is 10.4. The Hall–Kier alpha value is 0.270. The Morgan fingerprint density at radius 1 is 1.31 bits per heavy atom. The lowest BCUT2D eigenvalue weighted by Gasteiger charge is -2.34. The fourth-order valence-electron chi connectivity index (χ4n) is 2.90. The fourth-order valence-corrected chi connectivity index (χ4v) is 4.16. The van der Waals surface area contributed by atoms with Gasteiger partial charge in [-0.3, -0.25) is 0 Å². The summed E-state index contributed by atoms with van der Waals surface area (Å²) in [6, 6.07) is 0.584. The van der Waals surface area contributed by atoms with Crippen LogP contribution in [0.25, 0.3) is 0 Å². The first-order chi connectivity index (χ1) is 7.70. The van der Waals surface area contributed by atoms with E-state index in [1.165, 1.54) is 25.7 Å². The van der Waals surface area contributed by atoms with Crippen LogP contribution in [0.15, 0.2) is 0 Å². The van der Waals surface area contributed by atoms with Crippen LogP contribution < -0.4 is 5.32 Å². The lowest BCUT2D eigenvalue weighted by atomic mass is 9.94. The first kappa shape index (κ1) is 12.7. The normalized spacial score (nSPS) is 28.1. The Morgan fingerprint density at radius 3 is 2.56 bits per heavy atom. The van der Waals surface area contributed by atoms with Gasteiger partial charge in [-0.15, -0.1) is 0 Å². The van der Waals surface area contributed by atoms with Crippen molar-refractivity contribution in [3.8, 4) is 0 Å². The van der Waals surface area contributed by atoms with Crippen LogP contribution in [0.1, 0.15) is 45.4 Å². The van der Waals surface area contributed by atoms with Crippen molar-refractivity contribution >= 4 is 11.8 Å². The Kier molecular flexibility index (Phi) is 4.57. The Labute approximate surface area is 104 Å². The predicted octanol–water partition coefficient (Wildman–Crippen LogP) is 2.41. The summed E-state index contributed by atoms with van der Waals surface area (Å²) in [6.07, 6.45) is 7.48. The van der Waals surface area contributed by atoms with Crippen molar-refractivity contribution in [2.24, 2.45) is 5.92 Å². The van der Waals surface area contributed by atoms with E-state index in [4.69, 9.17) is 0 Å². The number of hydrogen-bond acceptors (Lipinski definition) is 3. The summed E-state index contributed by atoms with van der Waals surface area (Å²) in [6.45, 7) is 3.09. The lowest BCUT2D eigenvalue weighted by Crippen LogP contribution is -2.47. The molecule has 0 aromatic rings. The molecule has 1 saturated heterocycles. The maximum Gasteiger partial charge on any atom is 0.0787 e. The van der Waals surface area contributed by atoms with Crippen molar-refractivity contribution in [3.63, 3.8) is 0 Å². The highest BCUT2D eigenvalue weighted by Crippen LogP contribution is 2.29. The van der Waals surface area contributed by atoms with Gasteiger partial charge < -0.3 is 10.4 Å². The molecule has 2 aliphatic rings. The van der Waals surface area contributed by atoms with Gasteiger partial charge in [0.15, 0.2) is 0 Å². The molecule has 1 aliphatic heterocycles. The van der Waals surface area contributed by atoms with E-state index in [-0.39, 0.29) is 0 Å². The monoisotopic (exact) mass is 243 g/mol. The van der Waals surface area contributed by atoms with E-state index < -0.39 is 5.60 Å². The van der Waals surface area contributed by atoms with Gasteiger partial charge in [0.05, 0.1) is 5.60 Å². The molecule has 1 atom stereocenters. The molecular weight excluding hydrogens is 218 g/mol. The molecule has 2 nitrogen and oxygen atoms in total. The SMILES string of the molecule is CC(NCC1(O)CCSCC1)C1CCCC1. The van der Waals surface area contributed by atoms with Crippen LogP contribution in [-0.2, 0) is 0 Å². The van der Waals surface area contributed by atoms with E-state index in [1.807, 2.05) is 11.8 Å². The quantitative estimate of drug-likeness (QED) is 0.795. The zero-order valence-corrected chi connectivity index (χ0v) is 11.2. The van der Waals surface area contributed by atoms with Gasteiger partial charge in [-0.1, -0.05) is 12.8 Å². The van der Waals surface area contributed by atoms with Gasteiger partial charge >= 0.3 is 0 Å². The second-order valence-corrected chi connectivity index (χ2v) is 6.78. The number of thioether (sulfide) groups is 1. The summed E-state index contributed by atoms with van der Waals surface area (Å²) in [7, 11) is 0. The van der Waals surface area contributed by atoms with E-state index in [1.54, 1.807) is 0 Å². The molecule has 1 unspecified atom stereocenters. The van der Waals surface area contributed by atoms with E-state index in [2.05, 4.69) is 12.2 Å². The van der Waals surface area contributed by atoms with Gasteiger partial charge in [0.25, 0.3) is 0 Å². The molecule has 16 heavy (non-hydrogen) atoms. The smallest absolute Gasteiger partial charge is 0.0787 e. The third-order valence-electron chi connectivity index (χ3n) is 4.28. The molecule has 0 amide bonds. The summed E-state index contributed by atoms with van der Waals surface area (Å²) in [5.74, 6) is 3.09. The van der Waals surface area contributed by atoms with Gasteiger partial charge in [0.2, 0.25) is 0 Å². The van der Waals surface area contributed by atoms with Gasteiger partial charge in [-0.05, 0) is 50.0 Å². The molecule has 2 N–H and O–H groups in total. The predicted molar refractivity (Wildman–Crippen MR) is 70.9 cm³/mol. The van der Waals surface area contributed by atoms with Crippen molar-refractivity contribution in [3.05, 3.63) is 0 Å². The number of aliphatic hydroxyl groups is 1. The standard InChI is InChI=1S/C13H25NOS/c1-11(12-4-2-3-5-12)14-10-13(15)6-8-16-9-7-13/h11-12,14-15H,2-10H2,1H3. The summed E-state index contributed by atoms with van der Waals surface area (Å²) in [5, 5.41) is 14.0. The van der Waals surface area contributed by atoms with Crippen molar-refractivity contribution in [2.75, 3.05) is 18.1 Å². The van der Waals surface area contributed by atoms with E-state index in [0.29, 0.717) is 6.04 Å². The number of rotatable bonds is 4. The molecule has 0 spiro atoms. The number of nitrogens with one attached hydrogen (secondary N) is 1. The van der Waals surface area contributed by atoms with Gasteiger partial charge in [0.1, 0.15) is 0 Å². The Bertz CT molecular complexity index is 210. The van der Waals surface area contributed by atoms with E-state index >= 15 is 0 Å². The summed E-state index contributed by atoms with van der Waals surface area (Å²) in [4.78, 5) is 0. The molecule has 1 aliphatic carbocycles. The first-order valence-electron chi connectivity index (χ1n) is 6.73. The molecular formula is C13H25NOS. The molecule has 0 aromatic heterocycles.